The van der Waals surface area contributed by atoms with Crippen LogP contribution in [0.5, 0.6) is 0 Å². The second kappa shape index (κ2) is 4.21. The average Bonchev–Trinajstić information content (AvgIpc) is 2.94. The van der Waals surface area contributed by atoms with Crippen LogP contribution in [0.15, 0.2) is 0 Å². The Hall–Kier alpha value is -0.0800. The Balaban J connectivity index is 1.56. The van der Waals surface area contributed by atoms with Crippen molar-refractivity contribution in [2.75, 3.05) is 19.6 Å². The maximum Gasteiger partial charge on any atom is 0.0200 e. The van der Waals surface area contributed by atoms with E-state index in [-0.39, 0.29) is 0 Å². The largest absolute Gasteiger partial charge is 0.316 e. The third-order valence-electron chi connectivity index (χ3n) is 7.27. The lowest BCUT2D eigenvalue weighted by molar-refractivity contribution is -0.0823. The second-order valence-electron chi connectivity index (χ2n) is 8.31. The minimum absolute atomic E-state index is 0.434. The van der Waals surface area contributed by atoms with E-state index in [1.165, 1.54) is 64.6 Å². The third kappa shape index (κ3) is 1.68. The van der Waals surface area contributed by atoms with Crippen LogP contribution in [0, 0.1) is 17.3 Å². The van der Waals surface area contributed by atoms with Crippen LogP contribution in [0.25, 0.3) is 0 Å². The molecule has 19 heavy (non-hydrogen) atoms. The summed E-state index contributed by atoms with van der Waals surface area (Å²) in [4.78, 5) is 2.96. The van der Waals surface area contributed by atoms with Crippen LogP contribution in [0.2, 0.25) is 0 Å². The van der Waals surface area contributed by atoms with E-state index in [2.05, 4.69) is 24.1 Å². The predicted octanol–water partition coefficient (Wildman–Crippen LogP) is 3.03. The molecule has 0 aromatic rings. The van der Waals surface area contributed by atoms with Crippen molar-refractivity contribution >= 4 is 0 Å². The Morgan fingerprint density at radius 2 is 1.79 bits per heavy atom. The molecule has 108 valence electrons. The van der Waals surface area contributed by atoms with E-state index >= 15 is 0 Å². The van der Waals surface area contributed by atoms with Gasteiger partial charge in [-0.1, -0.05) is 19.3 Å². The molecule has 2 saturated carbocycles. The molecule has 1 N–H and O–H groups in total. The number of fused-ring (bicyclic) bond motifs is 1. The quantitative estimate of drug-likeness (QED) is 0.781. The van der Waals surface area contributed by atoms with Crippen molar-refractivity contribution in [2.45, 2.75) is 70.4 Å². The van der Waals surface area contributed by atoms with Crippen LogP contribution in [0.3, 0.4) is 0 Å². The summed E-state index contributed by atoms with van der Waals surface area (Å²) in [5.74, 6) is 1.82. The first-order chi connectivity index (χ1) is 9.13. The van der Waals surface area contributed by atoms with Crippen molar-refractivity contribution in [3.8, 4) is 0 Å². The molecule has 0 bridgehead atoms. The van der Waals surface area contributed by atoms with Gasteiger partial charge in [-0.05, 0) is 63.3 Å². The number of nitrogens with one attached hydrogen (secondary N) is 1. The molecule has 2 aliphatic heterocycles. The molecule has 2 nitrogen and oxygen atoms in total. The highest BCUT2D eigenvalue weighted by Crippen LogP contribution is 2.57. The van der Waals surface area contributed by atoms with E-state index in [9.17, 15) is 0 Å². The lowest BCUT2D eigenvalue weighted by Gasteiger charge is -2.59. The van der Waals surface area contributed by atoms with Gasteiger partial charge in [-0.15, -0.1) is 0 Å². The van der Waals surface area contributed by atoms with Crippen LogP contribution in [-0.2, 0) is 0 Å². The summed E-state index contributed by atoms with van der Waals surface area (Å²) < 4.78 is 0. The Morgan fingerprint density at radius 1 is 1.00 bits per heavy atom. The fourth-order valence-corrected chi connectivity index (χ4v) is 5.99. The SMILES string of the molecule is CC1(C)C2CNCC2CN1C1CCC12CCCCC2. The van der Waals surface area contributed by atoms with Crippen LogP contribution >= 0.6 is 0 Å². The maximum atomic E-state index is 3.62. The molecule has 2 aliphatic carbocycles. The molecular formula is C17H30N2. The standard InChI is InChI=1S/C17H30N2/c1-16(2)14-11-18-10-13(14)12-19(16)15-6-9-17(15)7-4-3-5-8-17/h13-15,18H,3-12H2,1-2H3. The van der Waals surface area contributed by atoms with Crippen molar-refractivity contribution in [1.29, 1.82) is 0 Å². The molecule has 0 amide bonds. The van der Waals surface area contributed by atoms with Gasteiger partial charge in [-0.25, -0.2) is 0 Å². The molecule has 4 rings (SSSR count). The summed E-state index contributed by atoms with van der Waals surface area (Å²) in [6.07, 6.45) is 10.6. The van der Waals surface area contributed by atoms with E-state index < -0.39 is 0 Å². The first-order valence-corrected chi connectivity index (χ1v) is 8.61. The van der Waals surface area contributed by atoms with Crippen LogP contribution in [0.4, 0.5) is 0 Å². The van der Waals surface area contributed by atoms with Gasteiger partial charge in [0.15, 0.2) is 0 Å². The van der Waals surface area contributed by atoms with E-state index in [4.69, 9.17) is 0 Å². The normalized spacial score (nSPS) is 44.2. The fraction of sp³-hybridized carbons (Fsp3) is 1.00. The second-order valence-corrected chi connectivity index (χ2v) is 8.31. The van der Waals surface area contributed by atoms with Gasteiger partial charge in [-0.2, -0.15) is 0 Å². The maximum absolute atomic E-state index is 3.62. The minimum Gasteiger partial charge on any atom is -0.316 e. The number of likely N-dealkylation sites (tertiary alicyclic amines) is 1. The minimum atomic E-state index is 0.434. The number of nitrogens with zero attached hydrogens (tertiary/aromatic N) is 1. The number of hydrogen-bond donors (Lipinski definition) is 1. The highest BCUT2D eigenvalue weighted by molar-refractivity contribution is 5.12. The molecular weight excluding hydrogens is 232 g/mol. The average molecular weight is 262 g/mol. The fourth-order valence-electron chi connectivity index (χ4n) is 5.99. The number of rotatable bonds is 1. The van der Waals surface area contributed by atoms with Crippen molar-refractivity contribution < 1.29 is 0 Å². The summed E-state index contributed by atoms with van der Waals surface area (Å²) in [6, 6.07) is 0.924. The third-order valence-corrected chi connectivity index (χ3v) is 7.27. The lowest BCUT2D eigenvalue weighted by atomic mass is 9.56. The summed E-state index contributed by atoms with van der Waals surface area (Å²) in [7, 11) is 0. The summed E-state index contributed by atoms with van der Waals surface area (Å²) in [6.45, 7) is 8.95. The van der Waals surface area contributed by atoms with Gasteiger partial charge in [0.2, 0.25) is 0 Å². The smallest absolute Gasteiger partial charge is 0.0200 e. The van der Waals surface area contributed by atoms with Gasteiger partial charge in [0.05, 0.1) is 0 Å². The van der Waals surface area contributed by atoms with Gasteiger partial charge in [0.1, 0.15) is 0 Å². The van der Waals surface area contributed by atoms with Gasteiger partial charge in [0, 0.05) is 24.7 Å². The van der Waals surface area contributed by atoms with Crippen molar-refractivity contribution in [1.82, 2.24) is 10.2 Å². The van der Waals surface area contributed by atoms with E-state index in [0.29, 0.717) is 5.54 Å². The summed E-state index contributed by atoms with van der Waals surface area (Å²) in [5.41, 5.74) is 1.17. The lowest BCUT2D eigenvalue weighted by Crippen LogP contribution is -2.61. The monoisotopic (exact) mass is 262 g/mol. The zero-order valence-corrected chi connectivity index (χ0v) is 12.8. The summed E-state index contributed by atoms with van der Waals surface area (Å²) in [5, 5.41) is 3.62. The zero-order valence-electron chi connectivity index (χ0n) is 12.8. The molecule has 4 fully saturated rings. The highest BCUT2D eigenvalue weighted by Gasteiger charge is 2.58. The Bertz CT molecular complexity index is 356. The molecule has 2 heteroatoms. The van der Waals surface area contributed by atoms with Gasteiger partial charge in [-0.3, -0.25) is 4.90 Å². The first kappa shape index (κ1) is 12.6. The molecule has 3 atom stereocenters. The van der Waals surface area contributed by atoms with Crippen molar-refractivity contribution in [3.05, 3.63) is 0 Å². The summed E-state index contributed by atoms with van der Waals surface area (Å²) >= 11 is 0. The van der Waals surface area contributed by atoms with Crippen LogP contribution in [0.1, 0.15) is 58.8 Å². The predicted molar refractivity (Wildman–Crippen MR) is 79.2 cm³/mol. The Kier molecular flexibility index (Phi) is 2.80. The van der Waals surface area contributed by atoms with Gasteiger partial charge >= 0.3 is 0 Å². The van der Waals surface area contributed by atoms with E-state index in [0.717, 1.165) is 23.3 Å². The van der Waals surface area contributed by atoms with E-state index in [1.54, 1.807) is 0 Å². The molecule has 1 spiro atoms. The molecule has 2 heterocycles. The molecule has 4 aliphatic rings. The van der Waals surface area contributed by atoms with Crippen molar-refractivity contribution in [3.63, 3.8) is 0 Å². The highest BCUT2D eigenvalue weighted by atomic mass is 15.3. The van der Waals surface area contributed by atoms with Gasteiger partial charge < -0.3 is 5.32 Å². The van der Waals surface area contributed by atoms with E-state index in [1.807, 2.05) is 0 Å². The number of hydrogen-bond acceptors (Lipinski definition) is 2. The van der Waals surface area contributed by atoms with Crippen LogP contribution < -0.4 is 5.32 Å². The Labute approximate surface area is 118 Å². The topological polar surface area (TPSA) is 15.3 Å². The van der Waals surface area contributed by atoms with Gasteiger partial charge in [0.25, 0.3) is 0 Å². The zero-order chi connectivity index (χ0) is 13.1. The van der Waals surface area contributed by atoms with Crippen LogP contribution in [-0.4, -0.2) is 36.1 Å². The molecule has 2 saturated heterocycles. The Morgan fingerprint density at radius 3 is 2.42 bits per heavy atom. The molecule has 0 radical (unpaired) electrons. The van der Waals surface area contributed by atoms with Crippen molar-refractivity contribution in [2.24, 2.45) is 17.3 Å². The molecule has 3 unspecified atom stereocenters. The molecule has 0 aromatic carbocycles. The molecule has 0 aromatic heterocycles. The first-order valence-electron chi connectivity index (χ1n) is 8.61.